The molecule has 3 rings (SSSR count). The van der Waals surface area contributed by atoms with Gasteiger partial charge in [-0.2, -0.15) is 0 Å². The number of imidazole rings is 1. The number of nitrogens with one attached hydrogen (secondary N) is 3. The predicted molar refractivity (Wildman–Crippen MR) is 106 cm³/mol. The van der Waals surface area contributed by atoms with Crippen LogP contribution >= 0.6 is 11.8 Å². The summed E-state index contributed by atoms with van der Waals surface area (Å²) in [6.45, 7) is 4.23. The molecule has 3 amide bonds. The molecule has 3 N–H and O–H groups in total. The van der Waals surface area contributed by atoms with E-state index in [9.17, 15) is 9.59 Å². The van der Waals surface area contributed by atoms with Crippen LogP contribution in [0.15, 0.2) is 53.7 Å². The molecule has 1 atom stereocenters. The molecule has 0 aliphatic carbocycles. The van der Waals surface area contributed by atoms with Crippen LogP contribution in [0.2, 0.25) is 0 Å². The topological polar surface area (TPSA) is 96.1 Å². The first-order valence-electron chi connectivity index (χ1n) is 8.51. The van der Waals surface area contributed by atoms with E-state index < -0.39 is 17.2 Å². The molecule has 0 saturated heterocycles. The third-order valence-electron chi connectivity index (χ3n) is 3.67. The Morgan fingerprint density at radius 2 is 2.00 bits per heavy atom. The Bertz CT molecular complexity index is 943. The summed E-state index contributed by atoms with van der Waals surface area (Å²) >= 11 is 1.25. The van der Waals surface area contributed by atoms with Crippen molar-refractivity contribution in [2.24, 2.45) is 0 Å². The number of aromatic nitrogens is 2. The molecule has 3 aromatic rings. The number of benzene rings is 2. The van der Waals surface area contributed by atoms with Gasteiger partial charge in [-0.05, 0) is 38.1 Å². The van der Waals surface area contributed by atoms with Crippen molar-refractivity contribution in [1.29, 1.82) is 0 Å². The van der Waals surface area contributed by atoms with E-state index in [1.54, 1.807) is 31.2 Å². The fourth-order valence-electron chi connectivity index (χ4n) is 2.40. The van der Waals surface area contributed by atoms with Gasteiger partial charge < -0.3 is 15.0 Å². The summed E-state index contributed by atoms with van der Waals surface area (Å²) < 4.78 is 5.47. The van der Waals surface area contributed by atoms with E-state index in [1.165, 1.54) is 11.8 Å². The molecule has 0 fully saturated rings. The van der Waals surface area contributed by atoms with Crippen LogP contribution < -0.4 is 15.4 Å². The number of rotatable bonds is 6. The van der Waals surface area contributed by atoms with Gasteiger partial charge in [0.15, 0.2) is 5.16 Å². The fraction of sp³-hybridized carbons (Fsp3) is 0.211. The Kier molecular flexibility index (Phi) is 5.97. The van der Waals surface area contributed by atoms with Gasteiger partial charge in [-0.3, -0.25) is 10.1 Å². The Labute approximate surface area is 160 Å². The number of aromatic amines is 1. The molecule has 1 heterocycles. The average molecular weight is 384 g/mol. The number of imide groups is 1. The summed E-state index contributed by atoms with van der Waals surface area (Å²) in [5.41, 5.74) is 2.23. The zero-order valence-corrected chi connectivity index (χ0v) is 15.8. The Balaban J connectivity index is 1.59. The van der Waals surface area contributed by atoms with E-state index in [4.69, 9.17) is 4.74 Å². The molecule has 1 unspecified atom stereocenters. The maximum atomic E-state index is 12.2. The third-order valence-corrected chi connectivity index (χ3v) is 4.65. The van der Waals surface area contributed by atoms with Crippen LogP contribution in [0, 0.1) is 0 Å². The minimum absolute atomic E-state index is 0.399. The summed E-state index contributed by atoms with van der Waals surface area (Å²) in [5, 5.41) is 5.05. The van der Waals surface area contributed by atoms with E-state index in [2.05, 4.69) is 20.6 Å². The number of carbonyl (C=O) groups excluding carboxylic acids is 2. The van der Waals surface area contributed by atoms with Crippen molar-refractivity contribution in [1.82, 2.24) is 15.3 Å². The molecule has 0 bridgehead atoms. The van der Waals surface area contributed by atoms with Crippen molar-refractivity contribution in [3.05, 3.63) is 48.5 Å². The lowest BCUT2D eigenvalue weighted by Gasteiger charge is -2.10. The van der Waals surface area contributed by atoms with E-state index in [0.29, 0.717) is 17.5 Å². The van der Waals surface area contributed by atoms with Gasteiger partial charge >= 0.3 is 6.03 Å². The van der Waals surface area contributed by atoms with Gasteiger partial charge in [0.2, 0.25) is 5.91 Å². The smallest absolute Gasteiger partial charge is 0.325 e. The van der Waals surface area contributed by atoms with Crippen LogP contribution in [0.3, 0.4) is 0 Å². The highest BCUT2D eigenvalue weighted by Crippen LogP contribution is 2.26. The Hall–Kier alpha value is -3.00. The summed E-state index contributed by atoms with van der Waals surface area (Å²) in [5.74, 6) is 0.359. The first kappa shape index (κ1) is 18.8. The lowest BCUT2D eigenvalue weighted by molar-refractivity contribution is -0.119. The maximum Gasteiger partial charge on any atom is 0.325 e. The summed E-state index contributed by atoms with van der Waals surface area (Å²) in [6, 6.07) is 13.9. The fourth-order valence-corrected chi connectivity index (χ4v) is 3.22. The van der Waals surface area contributed by atoms with Crippen LogP contribution in [0.4, 0.5) is 10.5 Å². The standard InChI is InChI=1S/C19H20N4O3S/c1-3-26-14-9-10-15-16(11-14)22-19(21-15)27-12(2)17(24)23-18(25)20-13-7-5-4-6-8-13/h4-12H,3H2,1-2H3,(H,21,22)(H2,20,23,24,25). The highest BCUT2D eigenvalue weighted by Gasteiger charge is 2.19. The van der Waals surface area contributed by atoms with Gasteiger partial charge in [0, 0.05) is 11.8 Å². The van der Waals surface area contributed by atoms with Crippen LogP contribution in [0.5, 0.6) is 5.75 Å². The second-order valence-corrected chi connectivity index (χ2v) is 7.05. The minimum atomic E-state index is -0.565. The lowest BCUT2D eigenvalue weighted by Crippen LogP contribution is -2.38. The number of hydrogen-bond acceptors (Lipinski definition) is 5. The van der Waals surface area contributed by atoms with Gasteiger partial charge in [0.05, 0.1) is 22.9 Å². The lowest BCUT2D eigenvalue weighted by atomic mass is 10.3. The largest absolute Gasteiger partial charge is 0.494 e. The number of anilines is 1. The quantitative estimate of drug-likeness (QED) is 0.562. The molecular weight excluding hydrogens is 364 g/mol. The van der Waals surface area contributed by atoms with Gasteiger partial charge in [-0.1, -0.05) is 30.0 Å². The predicted octanol–water partition coefficient (Wildman–Crippen LogP) is 3.79. The maximum absolute atomic E-state index is 12.2. The first-order valence-corrected chi connectivity index (χ1v) is 9.39. The highest BCUT2D eigenvalue weighted by atomic mass is 32.2. The highest BCUT2D eigenvalue weighted by molar-refractivity contribution is 8.00. The number of urea groups is 1. The van der Waals surface area contributed by atoms with E-state index in [1.807, 2.05) is 31.2 Å². The zero-order chi connectivity index (χ0) is 19.2. The number of carbonyl (C=O) groups is 2. The van der Waals surface area contributed by atoms with Crippen molar-refractivity contribution in [2.75, 3.05) is 11.9 Å². The molecule has 0 aliphatic rings. The number of thioether (sulfide) groups is 1. The molecule has 0 spiro atoms. The first-order chi connectivity index (χ1) is 13.0. The van der Waals surface area contributed by atoms with Crippen LogP contribution in [-0.4, -0.2) is 33.8 Å². The number of para-hydroxylation sites is 1. The van der Waals surface area contributed by atoms with E-state index in [-0.39, 0.29) is 0 Å². The average Bonchev–Trinajstić information content (AvgIpc) is 3.04. The van der Waals surface area contributed by atoms with Crippen molar-refractivity contribution < 1.29 is 14.3 Å². The zero-order valence-electron chi connectivity index (χ0n) is 15.0. The third kappa shape index (κ3) is 5.01. The number of fused-ring (bicyclic) bond motifs is 1. The van der Waals surface area contributed by atoms with Crippen molar-refractivity contribution in [3.63, 3.8) is 0 Å². The van der Waals surface area contributed by atoms with Gasteiger partial charge in [-0.15, -0.1) is 0 Å². The van der Waals surface area contributed by atoms with E-state index in [0.717, 1.165) is 16.8 Å². The van der Waals surface area contributed by atoms with Crippen molar-refractivity contribution in [3.8, 4) is 5.75 Å². The summed E-state index contributed by atoms with van der Waals surface area (Å²) in [6.07, 6.45) is 0. The van der Waals surface area contributed by atoms with Crippen LogP contribution in [-0.2, 0) is 4.79 Å². The van der Waals surface area contributed by atoms with E-state index >= 15 is 0 Å². The monoisotopic (exact) mass is 384 g/mol. The van der Waals surface area contributed by atoms with Gasteiger partial charge in [-0.25, -0.2) is 9.78 Å². The number of ether oxygens (including phenoxy) is 1. The Morgan fingerprint density at radius 3 is 2.74 bits per heavy atom. The second-order valence-electron chi connectivity index (χ2n) is 5.72. The molecule has 0 radical (unpaired) electrons. The van der Waals surface area contributed by atoms with Crippen LogP contribution in [0.1, 0.15) is 13.8 Å². The molecule has 140 valence electrons. The number of nitrogens with zero attached hydrogens (tertiary/aromatic N) is 1. The summed E-state index contributed by atoms with van der Waals surface area (Å²) in [7, 11) is 0. The molecule has 7 nitrogen and oxygen atoms in total. The number of amides is 3. The molecule has 1 aromatic heterocycles. The molecular formula is C19H20N4O3S. The van der Waals surface area contributed by atoms with Crippen LogP contribution in [0.25, 0.3) is 11.0 Å². The molecule has 27 heavy (non-hydrogen) atoms. The molecule has 8 heteroatoms. The normalized spacial score (nSPS) is 11.8. The molecule has 0 saturated carbocycles. The number of hydrogen-bond donors (Lipinski definition) is 3. The molecule has 0 aliphatic heterocycles. The number of H-pyrrole nitrogens is 1. The van der Waals surface area contributed by atoms with Crippen molar-refractivity contribution >= 4 is 40.4 Å². The SMILES string of the molecule is CCOc1ccc2nc(SC(C)C(=O)NC(=O)Nc3ccccc3)[nH]c2c1. The second kappa shape index (κ2) is 8.59. The Morgan fingerprint density at radius 1 is 1.22 bits per heavy atom. The van der Waals surface area contributed by atoms with Gasteiger partial charge in [0.25, 0.3) is 0 Å². The van der Waals surface area contributed by atoms with Gasteiger partial charge in [0.1, 0.15) is 5.75 Å². The summed E-state index contributed by atoms with van der Waals surface area (Å²) in [4.78, 5) is 31.8. The molecule has 2 aromatic carbocycles. The van der Waals surface area contributed by atoms with Crippen molar-refractivity contribution in [2.45, 2.75) is 24.3 Å². The minimum Gasteiger partial charge on any atom is -0.494 e.